The Morgan fingerprint density at radius 2 is 1.42 bits per heavy atom. The largest absolute Gasteiger partial charge is 0.458 e. The van der Waals surface area contributed by atoms with E-state index in [4.69, 9.17) is 47.1 Å². The predicted molar refractivity (Wildman–Crippen MR) is 256 cm³/mol. The van der Waals surface area contributed by atoms with E-state index >= 15 is 0 Å². The Labute approximate surface area is 407 Å². The second kappa shape index (κ2) is 27.5. The number of hydrogen-bond donors (Lipinski definition) is 2. The van der Waals surface area contributed by atoms with E-state index in [9.17, 15) is 29.4 Å². The quantitative estimate of drug-likeness (QED) is 0.0606. The summed E-state index contributed by atoms with van der Waals surface area (Å²) in [5.41, 5.74) is 0.711. The van der Waals surface area contributed by atoms with Gasteiger partial charge in [-0.2, -0.15) is 0 Å². The minimum Gasteiger partial charge on any atom is -0.458 e. The first kappa shape index (κ1) is 58.4. The number of halogens is 1. The van der Waals surface area contributed by atoms with Crippen LogP contribution in [-0.2, 0) is 66.2 Å². The number of rotatable bonds is 17. The lowest BCUT2D eigenvalue weighted by molar-refractivity contribution is -0.308. The molecular weight excluding hydrogens is 989 g/mol. The Morgan fingerprint density at radius 1 is 0.848 bits per heavy atom. The summed E-state index contributed by atoms with van der Waals surface area (Å²) in [5.74, 6) is -4.51. The van der Waals surface area contributed by atoms with Crippen molar-refractivity contribution in [2.45, 2.75) is 184 Å². The smallest absolute Gasteiger partial charge is 0.309 e. The first-order chi connectivity index (χ1) is 31.1. The van der Waals surface area contributed by atoms with Crippen LogP contribution in [0, 0.1) is 23.7 Å². The Balaban J connectivity index is 1.98. The molecule has 3 rings (SSSR count). The number of ketones is 1. The van der Waals surface area contributed by atoms with Crippen molar-refractivity contribution < 1.29 is 76.4 Å². The van der Waals surface area contributed by atoms with Gasteiger partial charge in [0.1, 0.15) is 18.3 Å². The number of aliphatic hydroxyl groups is 2. The van der Waals surface area contributed by atoms with Crippen molar-refractivity contribution in [2.24, 2.45) is 23.7 Å². The first-order valence-electron chi connectivity index (χ1n) is 23.5. The van der Waals surface area contributed by atoms with Crippen LogP contribution in [0.15, 0.2) is 23.8 Å². The maximum Gasteiger partial charge on any atom is 0.309 e. The molecule has 7 unspecified atom stereocenters. The molecule has 0 aromatic carbocycles. The zero-order chi connectivity index (χ0) is 49.6. The number of ether oxygens (including phenoxy) is 9. The van der Waals surface area contributed by atoms with E-state index in [1.807, 2.05) is 42.5 Å². The van der Waals surface area contributed by atoms with E-state index in [1.54, 1.807) is 60.1 Å². The molecule has 2 saturated heterocycles. The highest BCUT2D eigenvalue weighted by Crippen LogP contribution is 2.37. The van der Waals surface area contributed by atoms with Crippen LogP contribution < -0.4 is 0 Å². The minimum atomic E-state index is -2.06. The molecule has 0 bridgehead atoms. The van der Waals surface area contributed by atoms with E-state index in [1.165, 1.54) is 19.9 Å². The van der Waals surface area contributed by atoms with Crippen molar-refractivity contribution in [1.29, 1.82) is 0 Å². The summed E-state index contributed by atoms with van der Waals surface area (Å²) in [4.78, 5) is 54.1. The van der Waals surface area contributed by atoms with Gasteiger partial charge >= 0.3 is 17.9 Å². The average Bonchev–Trinajstić information content (AvgIpc) is 3.25. The fraction of sp³-hybridized carbons (Fsp3) is 0.830. The maximum atomic E-state index is 13.8. The first-order valence-corrected chi connectivity index (χ1v) is 27.2. The van der Waals surface area contributed by atoms with Crippen molar-refractivity contribution in [3.63, 3.8) is 0 Å². The summed E-state index contributed by atoms with van der Waals surface area (Å²) in [6.45, 7) is 17.8. The zero-order valence-electron chi connectivity index (χ0n) is 41.6. The van der Waals surface area contributed by atoms with Crippen molar-refractivity contribution >= 4 is 54.6 Å². The standard InChI is InChI=1S/C47H80INO16Si/c1-15-66(16-2,17-3)65-41-30(8)59-46(44(57-14)43(41)56-13)58-25-34-22-26(4)18-19-35(53)27(5)23-33(20-21-50)39(28(6)36(54)24-37(55)63-45(34)48)64-47-42(62-32(10)52)38(49(11)12)40(29(7)60-47)61-31(9)51/h18-19,22,27-30,33-34,36,38-47,50,54H,15-17,20-21,23-25H2,1-14H3/b19-18+,26-22+/t27-,28+,29?,30?,33+,34?,36-,38?,39-,40-,41-,42?,43?,44?,45+,46-,47+/m1/s1. The molecule has 66 heavy (non-hydrogen) atoms. The molecule has 0 spiro atoms. The van der Waals surface area contributed by atoms with Crippen LogP contribution in [-0.4, -0.2) is 166 Å². The van der Waals surface area contributed by atoms with Crippen LogP contribution in [0.3, 0.4) is 0 Å². The molecule has 0 saturated carbocycles. The molecule has 2 fully saturated rings. The molecule has 2 N–H and O–H groups in total. The number of cyclic esters (lactones) is 1. The third-order valence-electron chi connectivity index (χ3n) is 13.5. The van der Waals surface area contributed by atoms with Crippen molar-refractivity contribution in [1.82, 2.24) is 4.90 Å². The van der Waals surface area contributed by atoms with Gasteiger partial charge in [-0.25, -0.2) is 0 Å². The van der Waals surface area contributed by atoms with E-state index in [2.05, 4.69) is 20.8 Å². The van der Waals surface area contributed by atoms with E-state index in [0.717, 1.165) is 18.1 Å². The van der Waals surface area contributed by atoms with Gasteiger partial charge in [-0.05, 0) is 100 Å². The number of aliphatic hydroxyl groups excluding tert-OH is 2. The van der Waals surface area contributed by atoms with Crippen molar-refractivity contribution in [2.75, 3.05) is 41.5 Å². The zero-order valence-corrected chi connectivity index (χ0v) is 44.8. The van der Waals surface area contributed by atoms with Crippen molar-refractivity contribution in [3.8, 4) is 0 Å². The lowest BCUT2D eigenvalue weighted by Crippen LogP contribution is -2.65. The summed E-state index contributed by atoms with van der Waals surface area (Å²) in [7, 11) is 4.64. The number of nitrogens with zero attached hydrogens (tertiary/aromatic N) is 1. The minimum absolute atomic E-state index is 0.0282. The average molecular weight is 1070 g/mol. The number of likely N-dealkylation sites (N-methyl/N-ethyl adjacent to an activating group) is 1. The highest BCUT2D eigenvalue weighted by molar-refractivity contribution is 14.1. The Morgan fingerprint density at radius 3 is 1.97 bits per heavy atom. The summed E-state index contributed by atoms with van der Waals surface area (Å²) < 4.78 is 61.6. The molecule has 3 aliphatic rings. The van der Waals surface area contributed by atoms with Crippen LogP contribution in [0.2, 0.25) is 18.1 Å². The second-order valence-corrected chi connectivity index (χ2v) is 24.3. The summed E-state index contributed by atoms with van der Waals surface area (Å²) in [5, 5.41) is 22.2. The Kier molecular flexibility index (Phi) is 24.3. The second-order valence-electron chi connectivity index (χ2n) is 18.4. The van der Waals surface area contributed by atoms with Gasteiger partial charge < -0.3 is 57.3 Å². The van der Waals surface area contributed by atoms with Gasteiger partial charge in [0.05, 0.1) is 49.6 Å². The third-order valence-corrected chi connectivity index (χ3v) is 19.3. The maximum absolute atomic E-state index is 13.8. The van der Waals surface area contributed by atoms with Crippen LogP contribution in [0.4, 0.5) is 0 Å². The van der Waals surface area contributed by atoms with E-state index in [-0.39, 0.29) is 44.0 Å². The molecule has 3 heterocycles. The lowest BCUT2D eigenvalue weighted by atomic mass is 9.79. The number of allylic oxidation sites excluding steroid dienone is 3. The van der Waals surface area contributed by atoms with E-state index < -0.39 is 122 Å². The van der Waals surface area contributed by atoms with Gasteiger partial charge in [-0.3, -0.25) is 24.1 Å². The summed E-state index contributed by atoms with van der Waals surface area (Å²) in [6.07, 6.45) is -3.91. The molecule has 17 nitrogen and oxygen atoms in total. The fourth-order valence-corrected chi connectivity index (χ4v) is 13.0. The highest BCUT2D eigenvalue weighted by Gasteiger charge is 2.52. The van der Waals surface area contributed by atoms with Gasteiger partial charge in [0.25, 0.3) is 0 Å². The molecule has 0 radical (unpaired) electrons. The number of carbonyl (C=O) groups is 4. The number of methoxy groups -OCH3 is 2. The number of esters is 3. The molecule has 380 valence electrons. The Hall–Kier alpha value is -1.89. The van der Waals surface area contributed by atoms with E-state index in [0.29, 0.717) is 5.57 Å². The molecular formula is C47H80INO16Si. The van der Waals surface area contributed by atoms with Crippen molar-refractivity contribution in [3.05, 3.63) is 23.8 Å². The van der Waals surface area contributed by atoms with Crippen LogP contribution in [0.1, 0.15) is 88.5 Å². The topological polar surface area (TPSA) is 204 Å². The predicted octanol–water partition coefficient (Wildman–Crippen LogP) is 5.51. The summed E-state index contributed by atoms with van der Waals surface area (Å²) >= 11 is 2.03. The fourth-order valence-electron chi connectivity index (χ4n) is 9.42. The van der Waals surface area contributed by atoms with Gasteiger partial charge in [0.2, 0.25) is 0 Å². The monoisotopic (exact) mass is 1070 g/mol. The van der Waals surface area contributed by atoms with Gasteiger partial charge in [-0.1, -0.05) is 52.3 Å². The number of alkyl halides is 1. The number of carbonyl (C=O) groups excluding carboxylic acids is 4. The molecule has 0 aromatic rings. The molecule has 19 heteroatoms. The van der Waals surface area contributed by atoms with Gasteiger partial charge in [0, 0.05) is 52.4 Å². The van der Waals surface area contributed by atoms with Crippen LogP contribution in [0.5, 0.6) is 0 Å². The third kappa shape index (κ3) is 15.8. The van der Waals surface area contributed by atoms with Crippen LogP contribution >= 0.6 is 22.6 Å². The van der Waals surface area contributed by atoms with Gasteiger partial charge in [0.15, 0.2) is 36.9 Å². The summed E-state index contributed by atoms with van der Waals surface area (Å²) in [6, 6.07) is 2.16. The Bertz CT molecular complexity index is 1610. The number of hydrogen-bond acceptors (Lipinski definition) is 17. The molecule has 0 aliphatic carbocycles. The molecule has 3 aliphatic heterocycles. The molecule has 17 atom stereocenters. The molecule has 0 aromatic heterocycles. The SMILES string of the molecule is CC[Si](CC)(CC)O[C@@H]1C(C)O[C@@H](OCC2/C=C(C)/C=C/C(=O)[C@H](C)C[C@H](CCO)[C@H](O[C@@H]3OC(C)[C@@H](OC(C)=O)C(N(C)C)C3OC(C)=O)[C@@H](C)[C@H](O)CC(=O)O[C@@H]2I)C(OC)C1OC. The molecule has 0 amide bonds. The highest BCUT2D eigenvalue weighted by atomic mass is 127. The van der Waals surface area contributed by atoms with Gasteiger partial charge in [-0.15, -0.1) is 0 Å². The van der Waals surface area contributed by atoms with Crippen LogP contribution in [0.25, 0.3) is 0 Å². The normalized spacial score (nSPS) is 38.0. The lowest BCUT2D eigenvalue weighted by Gasteiger charge is -2.48.